The number of benzene rings is 1. The normalized spacial score (nSPS) is 17.1. The highest BCUT2D eigenvalue weighted by molar-refractivity contribution is 5.86. The smallest absolute Gasteiger partial charge is 0.273 e. The first-order valence-corrected chi connectivity index (χ1v) is 8.32. The first kappa shape index (κ1) is 17.5. The summed E-state index contributed by atoms with van der Waals surface area (Å²) < 4.78 is 0. The summed E-state index contributed by atoms with van der Waals surface area (Å²) >= 11 is 0. The van der Waals surface area contributed by atoms with Gasteiger partial charge in [0.2, 0.25) is 5.88 Å². The zero-order chi connectivity index (χ0) is 18.2. The zero-order valence-corrected chi connectivity index (χ0v) is 14.8. The molecule has 8 nitrogen and oxygen atoms in total. The number of nitrogens with zero attached hydrogens (tertiary/aromatic N) is 5. The number of aromatic hydroxyl groups is 1. The molecule has 1 aliphatic rings. The average Bonchev–Trinajstić information content (AvgIpc) is 2.54. The average molecular weight is 345 g/mol. The summed E-state index contributed by atoms with van der Waals surface area (Å²) in [4.78, 5) is 23.6. The Morgan fingerprint density at radius 3 is 2.56 bits per heavy atom. The Labute approximate surface area is 146 Å². The molecule has 1 aromatic carbocycles. The summed E-state index contributed by atoms with van der Waals surface area (Å²) in [5.74, 6) is -0.238. The van der Waals surface area contributed by atoms with Gasteiger partial charge >= 0.3 is 0 Å². The van der Waals surface area contributed by atoms with Crippen LogP contribution in [0.5, 0.6) is 5.88 Å². The third kappa shape index (κ3) is 3.54. The number of rotatable bonds is 4. The van der Waals surface area contributed by atoms with Crippen LogP contribution in [0.4, 0.5) is 5.69 Å². The fourth-order valence-corrected chi connectivity index (χ4v) is 3.42. The molecule has 1 fully saturated rings. The maximum absolute atomic E-state index is 11.5. The predicted molar refractivity (Wildman–Crippen MR) is 94.7 cm³/mol. The Morgan fingerprint density at radius 2 is 1.92 bits per heavy atom. The molecular weight excluding hydrogens is 322 g/mol. The van der Waals surface area contributed by atoms with E-state index in [9.17, 15) is 15.2 Å². The monoisotopic (exact) mass is 345 g/mol. The number of hydrogen-bond donors (Lipinski definition) is 1. The summed E-state index contributed by atoms with van der Waals surface area (Å²) in [5, 5.41) is 21.7. The molecular formula is C17H23N5O3. The van der Waals surface area contributed by atoms with Gasteiger partial charge in [0.1, 0.15) is 6.33 Å². The van der Waals surface area contributed by atoms with E-state index in [0.29, 0.717) is 22.9 Å². The number of fused-ring (bicyclic) bond motifs is 1. The maximum Gasteiger partial charge on any atom is 0.273 e. The lowest BCUT2D eigenvalue weighted by Gasteiger charge is -2.43. The molecule has 2 aromatic rings. The molecule has 0 aliphatic carbocycles. The molecule has 0 unspecified atom stereocenters. The van der Waals surface area contributed by atoms with Crippen molar-refractivity contribution in [2.75, 3.05) is 33.2 Å². The van der Waals surface area contributed by atoms with Gasteiger partial charge in [-0.05, 0) is 33.4 Å². The largest absolute Gasteiger partial charge is 0.493 e. The minimum Gasteiger partial charge on any atom is -0.493 e. The Bertz CT molecular complexity index is 800. The molecule has 1 aliphatic heterocycles. The number of piperazine rings is 1. The SMILES string of the molecule is CN1CCN(C(C)(C)Cc2cc3ncnc(O)c3cc2[N+](=O)[O-])CC1. The van der Waals surface area contributed by atoms with Crippen LogP contribution in [-0.4, -0.2) is 68.6 Å². The van der Waals surface area contributed by atoms with Crippen molar-refractivity contribution >= 4 is 16.6 Å². The third-order valence-corrected chi connectivity index (χ3v) is 4.99. The third-order valence-electron chi connectivity index (χ3n) is 4.99. The number of nitro groups is 1. The van der Waals surface area contributed by atoms with Gasteiger partial charge in [-0.25, -0.2) is 9.97 Å². The summed E-state index contributed by atoms with van der Waals surface area (Å²) in [7, 11) is 2.10. The van der Waals surface area contributed by atoms with E-state index in [4.69, 9.17) is 0 Å². The fourth-order valence-electron chi connectivity index (χ4n) is 3.42. The van der Waals surface area contributed by atoms with Crippen LogP contribution in [0.1, 0.15) is 19.4 Å². The molecule has 1 saturated heterocycles. The van der Waals surface area contributed by atoms with E-state index >= 15 is 0 Å². The highest BCUT2D eigenvalue weighted by atomic mass is 16.6. The van der Waals surface area contributed by atoms with Gasteiger partial charge in [-0.15, -0.1) is 0 Å². The van der Waals surface area contributed by atoms with E-state index < -0.39 is 4.92 Å². The molecule has 134 valence electrons. The Kier molecular flexibility index (Phi) is 4.57. The van der Waals surface area contributed by atoms with E-state index in [2.05, 4.69) is 40.7 Å². The molecule has 3 rings (SSSR count). The molecule has 0 radical (unpaired) electrons. The zero-order valence-electron chi connectivity index (χ0n) is 14.8. The fraction of sp³-hybridized carbons (Fsp3) is 0.529. The van der Waals surface area contributed by atoms with E-state index in [1.54, 1.807) is 6.07 Å². The molecule has 0 spiro atoms. The molecule has 0 atom stereocenters. The number of aromatic nitrogens is 2. The van der Waals surface area contributed by atoms with Crippen LogP contribution in [-0.2, 0) is 6.42 Å². The molecule has 1 aromatic heterocycles. The van der Waals surface area contributed by atoms with Crippen LogP contribution in [0, 0.1) is 10.1 Å². The molecule has 0 saturated carbocycles. The van der Waals surface area contributed by atoms with Crippen molar-refractivity contribution in [1.82, 2.24) is 19.8 Å². The van der Waals surface area contributed by atoms with Crippen LogP contribution in [0.25, 0.3) is 10.9 Å². The molecule has 0 bridgehead atoms. The number of likely N-dealkylation sites (N-methyl/N-ethyl adjacent to an activating group) is 1. The van der Waals surface area contributed by atoms with Crippen molar-refractivity contribution in [3.63, 3.8) is 0 Å². The van der Waals surface area contributed by atoms with Gasteiger partial charge in [0.15, 0.2) is 0 Å². The lowest BCUT2D eigenvalue weighted by molar-refractivity contribution is -0.385. The van der Waals surface area contributed by atoms with Crippen LogP contribution in [0.3, 0.4) is 0 Å². The topological polar surface area (TPSA) is 95.6 Å². The van der Waals surface area contributed by atoms with E-state index in [1.165, 1.54) is 12.4 Å². The highest BCUT2D eigenvalue weighted by Gasteiger charge is 2.32. The molecule has 25 heavy (non-hydrogen) atoms. The summed E-state index contributed by atoms with van der Waals surface area (Å²) in [6, 6.07) is 3.08. The molecule has 8 heteroatoms. The van der Waals surface area contributed by atoms with E-state index in [1.807, 2.05) is 0 Å². The van der Waals surface area contributed by atoms with Crippen molar-refractivity contribution in [2.24, 2.45) is 0 Å². The maximum atomic E-state index is 11.5. The minimum atomic E-state index is -0.402. The van der Waals surface area contributed by atoms with Gasteiger partial charge in [-0.1, -0.05) is 0 Å². The first-order chi connectivity index (χ1) is 11.8. The predicted octanol–water partition coefficient (Wildman–Crippen LogP) is 1.81. The van der Waals surface area contributed by atoms with Crippen LogP contribution >= 0.6 is 0 Å². The van der Waals surface area contributed by atoms with Gasteiger partial charge in [-0.3, -0.25) is 15.0 Å². The van der Waals surface area contributed by atoms with Gasteiger partial charge < -0.3 is 10.0 Å². The second-order valence-corrected chi connectivity index (χ2v) is 7.23. The lowest BCUT2D eigenvalue weighted by Crippen LogP contribution is -2.54. The number of nitro benzene ring substituents is 1. The van der Waals surface area contributed by atoms with Gasteiger partial charge in [0.25, 0.3) is 5.69 Å². The van der Waals surface area contributed by atoms with E-state index in [0.717, 1.165) is 26.2 Å². The summed E-state index contributed by atoms with van der Waals surface area (Å²) in [6.07, 6.45) is 1.80. The molecule has 1 N–H and O–H groups in total. The number of hydrogen-bond acceptors (Lipinski definition) is 7. The minimum absolute atomic E-state index is 0.000183. The first-order valence-electron chi connectivity index (χ1n) is 8.32. The second kappa shape index (κ2) is 6.53. The highest BCUT2D eigenvalue weighted by Crippen LogP contribution is 2.32. The second-order valence-electron chi connectivity index (χ2n) is 7.23. The van der Waals surface area contributed by atoms with Crippen LogP contribution in [0.15, 0.2) is 18.5 Å². The Morgan fingerprint density at radius 1 is 1.24 bits per heavy atom. The van der Waals surface area contributed by atoms with Crippen molar-refractivity contribution in [3.05, 3.63) is 34.1 Å². The van der Waals surface area contributed by atoms with Gasteiger partial charge in [-0.2, -0.15) is 0 Å². The summed E-state index contributed by atoms with van der Waals surface area (Å²) in [5.41, 5.74) is 0.927. The van der Waals surface area contributed by atoms with Crippen molar-refractivity contribution < 1.29 is 10.0 Å². The molecule has 2 heterocycles. The van der Waals surface area contributed by atoms with Crippen LogP contribution < -0.4 is 0 Å². The lowest BCUT2D eigenvalue weighted by atomic mass is 9.90. The quantitative estimate of drug-likeness (QED) is 0.667. The van der Waals surface area contributed by atoms with Gasteiger partial charge in [0, 0.05) is 43.3 Å². The van der Waals surface area contributed by atoms with Crippen molar-refractivity contribution in [3.8, 4) is 5.88 Å². The molecule has 0 amide bonds. The summed E-state index contributed by atoms with van der Waals surface area (Å²) in [6.45, 7) is 8.09. The van der Waals surface area contributed by atoms with Gasteiger partial charge in [0.05, 0.1) is 15.8 Å². The van der Waals surface area contributed by atoms with Crippen LogP contribution in [0.2, 0.25) is 0 Å². The Balaban J connectivity index is 1.96. The van der Waals surface area contributed by atoms with E-state index in [-0.39, 0.29) is 17.1 Å². The Hall–Kier alpha value is -2.32. The van der Waals surface area contributed by atoms with Crippen molar-refractivity contribution in [2.45, 2.75) is 25.8 Å². The standard InChI is InChI=1S/C17H23N5O3/c1-17(2,21-6-4-20(3)5-7-21)10-12-8-14-13(9-15(12)22(24)25)16(23)19-11-18-14/h8-9,11H,4-7,10H2,1-3H3,(H,18,19,23). The van der Waals surface area contributed by atoms with Crippen molar-refractivity contribution in [1.29, 1.82) is 0 Å².